The monoisotopic (exact) mass is 299 g/mol. The van der Waals surface area contributed by atoms with Gasteiger partial charge in [0, 0.05) is 30.2 Å². The van der Waals surface area contributed by atoms with E-state index in [1.165, 1.54) is 0 Å². The van der Waals surface area contributed by atoms with Crippen LogP contribution in [0.5, 0.6) is 0 Å². The van der Waals surface area contributed by atoms with Gasteiger partial charge in [0.1, 0.15) is 6.29 Å². The number of aldehydes is 1. The second-order valence-electron chi connectivity index (χ2n) is 4.03. The van der Waals surface area contributed by atoms with E-state index < -0.39 is 0 Å². The molecule has 0 radical (unpaired) electrons. The number of unbranched alkanes of at least 4 members (excludes halogenated alkanes) is 2. The predicted molar refractivity (Wildman–Crippen MR) is 73.7 cm³/mol. The summed E-state index contributed by atoms with van der Waals surface area (Å²) in [7, 11) is 2.03. The Morgan fingerprint density at radius 2 is 2.12 bits per heavy atom. The quantitative estimate of drug-likeness (QED) is 0.622. The van der Waals surface area contributed by atoms with Crippen molar-refractivity contribution in [2.75, 3.05) is 25.1 Å². The zero-order valence-electron chi connectivity index (χ0n) is 10.0. The largest absolute Gasteiger partial charge is 0.396 e. The molecule has 0 saturated carbocycles. The molecule has 0 aliphatic rings. The van der Waals surface area contributed by atoms with Gasteiger partial charge in [-0.1, -0.05) is 0 Å². The highest BCUT2D eigenvalue weighted by Gasteiger charge is 2.06. The molecule has 1 N–H and O–H groups in total. The number of carbonyl (C=O) groups excluding carboxylic acids is 1. The molecule has 0 amide bonds. The van der Waals surface area contributed by atoms with Crippen LogP contribution in [0, 0.1) is 0 Å². The van der Waals surface area contributed by atoms with E-state index in [1.54, 1.807) is 0 Å². The van der Waals surface area contributed by atoms with Gasteiger partial charge >= 0.3 is 0 Å². The van der Waals surface area contributed by atoms with Gasteiger partial charge in [0.2, 0.25) is 0 Å². The molecule has 3 nitrogen and oxygen atoms in total. The minimum absolute atomic E-state index is 0.265. The Hall–Kier alpha value is -0.870. The van der Waals surface area contributed by atoms with Gasteiger partial charge in [0.15, 0.2) is 0 Å². The molecule has 0 aromatic heterocycles. The summed E-state index contributed by atoms with van der Waals surface area (Å²) in [6.07, 6.45) is 3.79. The maximum atomic E-state index is 10.6. The van der Waals surface area contributed by atoms with Crippen LogP contribution in [0.1, 0.15) is 29.6 Å². The SMILES string of the molecule is CN(CCCCCO)c1ccc(C=O)cc1Br. The van der Waals surface area contributed by atoms with E-state index in [1.807, 2.05) is 25.2 Å². The molecule has 0 aliphatic heterocycles. The van der Waals surface area contributed by atoms with Crippen molar-refractivity contribution in [1.82, 2.24) is 0 Å². The summed E-state index contributed by atoms with van der Waals surface area (Å²) in [5.74, 6) is 0. The summed E-state index contributed by atoms with van der Waals surface area (Å²) in [6.45, 7) is 1.21. The number of anilines is 1. The molecule has 0 fully saturated rings. The van der Waals surface area contributed by atoms with Gasteiger partial charge in [-0.3, -0.25) is 4.79 Å². The van der Waals surface area contributed by atoms with Crippen LogP contribution in [-0.2, 0) is 0 Å². The third-order valence-corrected chi connectivity index (χ3v) is 3.31. The van der Waals surface area contributed by atoms with E-state index in [4.69, 9.17) is 5.11 Å². The number of nitrogens with zero attached hydrogens (tertiary/aromatic N) is 1. The lowest BCUT2D eigenvalue weighted by Crippen LogP contribution is -2.19. The first-order valence-corrected chi connectivity index (χ1v) is 6.55. The molecule has 0 saturated heterocycles. The van der Waals surface area contributed by atoms with Gasteiger partial charge in [-0.25, -0.2) is 0 Å². The van der Waals surface area contributed by atoms with Gasteiger partial charge in [-0.05, 0) is 53.4 Å². The van der Waals surface area contributed by atoms with Crippen LogP contribution in [0.2, 0.25) is 0 Å². The Bertz CT molecular complexity index is 368. The zero-order chi connectivity index (χ0) is 12.7. The number of aliphatic hydroxyl groups is 1. The highest BCUT2D eigenvalue weighted by atomic mass is 79.9. The number of hydrogen-bond acceptors (Lipinski definition) is 3. The molecule has 0 spiro atoms. The lowest BCUT2D eigenvalue weighted by atomic mass is 10.2. The average Bonchev–Trinajstić information content (AvgIpc) is 2.34. The fourth-order valence-electron chi connectivity index (χ4n) is 1.66. The fourth-order valence-corrected chi connectivity index (χ4v) is 2.36. The standard InChI is InChI=1S/C13H18BrNO2/c1-15(7-3-2-4-8-16)13-6-5-11(10-17)9-12(13)14/h5-6,9-10,16H,2-4,7-8H2,1H3. The first kappa shape index (κ1) is 14.2. The van der Waals surface area contributed by atoms with E-state index in [0.717, 1.165) is 42.3 Å². The second-order valence-corrected chi connectivity index (χ2v) is 4.89. The molecule has 1 rings (SSSR count). The molecule has 0 aliphatic carbocycles. The lowest BCUT2D eigenvalue weighted by molar-refractivity contribution is 0.112. The summed E-state index contributed by atoms with van der Waals surface area (Å²) in [4.78, 5) is 12.8. The molecule has 0 atom stereocenters. The Balaban J connectivity index is 2.56. The molecule has 1 aromatic rings. The van der Waals surface area contributed by atoms with E-state index in [2.05, 4.69) is 20.8 Å². The Labute approximate surface area is 111 Å². The normalized spacial score (nSPS) is 10.3. The minimum Gasteiger partial charge on any atom is -0.396 e. The molecule has 4 heteroatoms. The number of aliphatic hydroxyl groups excluding tert-OH is 1. The summed E-state index contributed by atoms with van der Waals surface area (Å²) < 4.78 is 0.937. The van der Waals surface area contributed by atoms with E-state index >= 15 is 0 Å². The smallest absolute Gasteiger partial charge is 0.150 e. The summed E-state index contributed by atoms with van der Waals surface area (Å²) in [5.41, 5.74) is 1.76. The van der Waals surface area contributed by atoms with Crippen LogP contribution >= 0.6 is 15.9 Å². The van der Waals surface area contributed by atoms with Crippen LogP contribution in [-0.4, -0.2) is 31.6 Å². The number of hydrogen-bond donors (Lipinski definition) is 1. The van der Waals surface area contributed by atoms with Gasteiger partial charge < -0.3 is 10.0 Å². The van der Waals surface area contributed by atoms with E-state index in [0.29, 0.717) is 5.56 Å². The van der Waals surface area contributed by atoms with Gasteiger partial charge in [0.05, 0.1) is 5.69 Å². The van der Waals surface area contributed by atoms with E-state index in [9.17, 15) is 4.79 Å². The van der Waals surface area contributed by atoms with Gasteiger partial charge in [-0.2, -0.15) is 0 Å². The molecule has 17 heavy (non-hydrogen) atoms. The van der Waals surface area contributed by atoms with Crippen molar-refractivity contribution in [3.05, 3.63) is 28.2 Å². The Morgan fingerprint density at radius 3 is 2.71 bits per heavy atom. The van der Waals surface area contributed by atoms with Crippen LogP contribution in [0.4, 0.5) is 5.69 Å². The molecule has 0 unspecified atom stereocenters. The van der Waals surface area contributed by atoms with Crippen LogP contribution < -0.4 is 4.90 Å². The number of rotatable bonds is 7. The Kier molecular flexibility index (Phi) is 6.22. The first-order chi connectivity index (χ1) is 8.19. The maximum Gasteiger partial charge on any atom is 0.150 e. The highest BCUT2D eigenvalue weighted by Crippen LogP contribution is 2.26. The third-order valence-electron chi connectivity index (χ3n) is 2.67. The lowest BCUT2D eigenvalue weighted by Gasteiger charge is -2.20. The van der Waals surface area contributed by atoms with Crippen molar-refractivity contribution in [2.24, 2.45) is 0 Å². The first-order valence-electron chi connectivity index (χ1n) is 5.75. The topological polar surface area (TPSA) is 40.5 Å². The highest BCUT2D eigenvalue weighted by molar-refractivity contribution is 9.10. The molecule has 1 aromatic carbocycles. The van der Waals surface area contributed by atoms with Crippen molar-refractivity contribution in [1.29, 1.82) is 0 Å². The summed E-state index contributed by atoms with van der Waals surface area (Å²) in [5, 5.41) is 8.70. The summed E-state index contributed by atoms with van der Waals surface area (Å²) in [6, 6.07) is 5.59. The molecule has 0 heterocycles. The average molecular weight is 300 g/mol. The van der Waals surface area contributed by atoms with Crippen LogP contribution in [0.25, 0.3) is 0 Å². The molecule has 94 valence electrons. The van der Waals surface area contributed by atoms with Crippen LogP contribution in [0.3, 0.4) is 0 Å². The van der Waals surface area contributed by atoms with Crippen molar-refractivity contribution in [3.63, 3.8) is 0 Å². The van der Waals surface area contributed by atoms with Crippen molar-refractivity contribution in [3.8, 4) is 0 Å². The fraction of sp³-hybridized carbons (Fsp3) is 0.462. The number of carbonyl (C=O) groups is 1. The number of benzene rings is 1. The third kappa shape index (κ3) is 4.48. The van der Waals surface area contributed by atoms with Crippen LogP contribution in [0.15, 0.2) is 22.7 Å². The van der Waals surface area contributed by atoms with Crippen molar-refractivity contribution in [2.45, 2.75) is 19.3 Å². The maximum absolute atomic E-state index is 10.6. The second kappa shape index (κ2) is 7.45. The summed E-state index contributed by atoms with van der Waals surface area (Å²) >= 11 is 3.47. The molecular formula is C13H18BrNO2. The van der Waals surface area contributed by atoms with Crippen molar-refractivity contribution >= 4 is 27.9 Å². The number of halogens is 1. The molecule has 0 bridgehead atoms. The predicted octanol–water partition coefficient (Wildman–Crippen LogP) is 2.86. The zero-order valence-corrected chi connectivity index (χ0v) is 11.6. The van der Waals surface area contributed by atoms with Crippen molar-refractivity contribution < 1.29 is 9.90 Å². The van der Waals surface area contributed by atoms with E-state index in [-0.39, 0.29) is 6.61 Å². The molecular weight excluding hydrogens is 282 g/mol. The minimum atomic E-state index is 0.265. The Morgan fingerprint density at radius 1 is 1.35 bits per heavy atom. The van der Waals surface area contributed by atoms with Gasteiger partial charge in [0.25, 0.3) is 0 Å². The van der Waals surface area contributed by atoms with Gasteiger partial charge in [-0.15, -0.1) is 0 Å².